The van der Waals surface area contributed by atoms with E-state index in [-0.39, 0.29) is 18.5 Å². The Bertz CT molecular complexity index is 1060. The lowest BCUT2D eigenvalue weighted by atomic mass is 9.93. The summed E-state index contributed by atoms with van der Waals surface area (Å²) < 4.78 is 10.8. The standard InChI is InChI=1S/C32H45N3O5/c1-32(2,3)40-30(37)34-27(23-25-17-10-6-11-18-25)28(29(36)33-26-20-12-7-13-21-26)35(31(38)39-4)22-14-19-24-15-8-5-9-16-24/h5-6,8-11,15-18,26-28H,7,12-14,19-23H2,1-4H3,(H,33,36)(H,34,37). The van der Waals surface area contributed by atoms with Crippen molar-refractivity contribution in [3.63, 3.8) is 0 Å². The quantitative estimate of drug-likeness (QED) is 0.377. The Morgan fingerprint density at radius 1 is 0.925 bits per heavy atom. The molecule has 0 bridgehead atoms. The van der Waals surface area contributed by atoms with E-state index >= 15 is 0 Å². The summed E-state index contributed by atoms with van der Waals surface area (Å²) in [6, 6.07) is 17.9. The third-order valence-corrected chi connectivity index (χ3v) is 7.05. The lowest BCUT2D eigenvalue weighted by Gasteiger charge is -2.37. The highest BCUT2D eigenvalue weighted by Gasteiger charge is 2.39. The summed E-state index contributed by atoms with van der Waals surface area (Å²) in [5.41, 5.74) is 1.34. The van der Waals surface area contributed by atoms with Crippen molar-refractivity contribution in [2.75, 3.05) is 13.7 Å². The van der Waals surface area contributed by atoms with Gasteiger partial charge in [-0.2, -0.15) is 0 Å². The minimum absolute atomic E-state index is 0.0338. The fourth-order valence-electron chi connectivity index (χ4n) is 5.20. The molecule has 2 aromatic rings. The van der Waals surface area contributed by atoms with Gasteiger partial charge < -0.3 is 20.1 Å². The molecule has 0 radical (unpaired) electrons. The first-order chi connectivity index (χ1) is 19.2. The molecule has 0 aromatic heterocycles. The van der Waals surface area contributed by atoms with Gasteiger partial charge in [-0.1, -0.05) is 79.9 Å². The third-order valence-electron chi connectivity index (χ3n) is 7.05. The molecule has 0 heterocycles. The van der Waals surface area contributed by atoms with Crippen molar-refractivity contribution in [3.8, 4) is 0 Å². The number of aryl methyl sites for hydroxylation is 1. The van der Waals surface area contributed by atoms with Gasteiger partial charge in [-0.25, -0.2) is 9.59 Å². The monoisotopic (exact) mass is 551 g/mol. The van der Waals surface area contributed by atoms with Crippen molar-refractivity contribution in [2.24, 2.45) is 0 Å². The highest BCUT2D eigenvalue weighted by atomic mass is 16.6. The maximum atomic E-state index is 14.1. The largest absolute Gasteiger partial charge is 0.453 e. The van der Waals surface area contributed by atoms with Crippen molar-refractivity contribution >= 4 is 18.1 Å². The third kappa shape index (κ3) is 10.2. The second kappa shape index (κ2) is 15.3. The fraction of sp³-hybridized carbons (Fsp3) is 0.531. The number of nitrogens with zero attached hydrogens (tertiary/aromatic N) is 1. The highest BCUT2D eigenvalue weighted by molar-refractivity contribution is 5.87. The number of carbonyl (C=O) groups is 3. The predicted octanol–water partition coefficient (Wildman–Crippen LogP) is 5.64. The molecule has 3 amide bonds. The average molecular weight is 552 g/mol. The van der Waals surface area contributed by atoms with Gasteiger partial charge in [-0.3, -0.25) is 9.69 Å². The number of methoxy groups -OCH3 is 1. The molecule has 2 N–H and O–H groups in total. The minimum Gasteiger partial charge on any atom is -0.453 e. The van der Waals surface area contributed by atoms with Gasteiger partial charge in [0.15, 0.2) is 0 Å². The van der Waals surface area contributed by atoms with E-state index in [1.807, 2.05) is 60.7 Å². The first-order valence-corrected chi connectivity index (χ1v) is 14.4. The van der Waals surface area contributed by atoms with E-state index in [1.165, 1.54) is 12.0 Å². The minimum atomic E-state index is -1.00. The number of alkyl carbamates (subject to hydrolysis) is 1. The van der Waals surface area contributed by atoms with Crippen LogP contribution in [0.15, 0.2) is 60.7 Å². The normalized spacial score (nSPS) is 15.4. The lowest BCUT2D eigenvalue weighted by Crippen LogP contribution is -2.62. The number of rotatable bonds is 11. The summed E-state index contributed by atoms with van der Waals surface area (Å²) in [5, 5.41) is 6.13. The Labute approximate surface area is 238 Å². The molecule has 1 aliphatic rings. The molecule has 218 valence electrons. The van der Waals surface area contributed by atoms with Crippen LogP contribution < -0.4 is 10.6 Å². The predicted molar refractivity (Wildman–Crippen MR) is 156 cm³/mol. The molecule has 1 saturated carbocycles. The maximum absolute atomic E-state index is 14.1. The molecule has 0 spiro atoms. The number of benzene rings is 2. The van der Waals surface area contributed by atoms with E-state index < -0.39 is 29.9 Å². The van der Waals surface area contributed by atoms with Gasteiger partial charge in [-0.15, -0.1) is 0 Å². The van der Waals surface area contributed by atoms with Gasteiger partial charge in [0.25, 0.3) is 0 Å². The van der Waals surface area contributed by atoms with Crippen molar-refractivity contribution in [1.82, 2.24) is 15.5 Å². The Morgan fingerprint density at radius 3 is 2.10 bits per heavy atom. The van der Waals surface area contributed by atoms with Crippen LogP contribution in [0, 0.1) is 0 Å². The lowest BCUT2D eigenvalue weighted by molar-refractivity contribution is -0.128. The molecule has 3 rings (SSSR count). The Morgan fingerprint density at radius 2 is 1.52 bits per heavy atom. The smallest absolute Gasteiger partial charge is 0.410 e. The molecule has 2 atom stereocenters. The molecule has 2 unspecified atom stereocenters. The van der Waals surface area contributed by atoms with Crippen LogP contribution in [0.5, 0.6) is 0 Å². The van der Waals surface area contributed by atoms with Gasteiger partial charge in [-0.05, 0) is 64.0 Å². The topological polar surface area (TPSA) is 97.0 Å². The van der Waals surface area contributed by atoms with Gasteiger partial charge in [0, 0.05) is 12.6 Å². The molecule has 2 aromatic carbocycles. The number of ether oxygens (including phenoxy) is 2. The molecule has 8 nitrogen and oxygen atoms in total. The molecule has 40 heavy (non-hydrogen) atoms. The van der Waals surface area contributed by atoms with E-state index in [2.05, 4.69) is 10.6 Å². The fourth-order valence-corrected chi connectivity index (χ4v) is 5.20. The van der Waals surface area contributed by atoms with Crippen molar-refractivity contribution in [3.05, 3.63) is 71.8 Å². The van der Waals surface area contributed by atoms with Crippen LogP contribution in [0.1, 0.15) is 70.4 Å². The van der Waals surface area contributed by atoms with E-state index in [1.54, 1.807) is 20.8 Å². The molecular formula is C32H45N3O5. The molecule has 8 heteroatoms. The summed E-state index contributed by atoms with van der Waals surface area (Å²) in [4.78, 5) is 41.8. The van der Waals surface area contributed by atoms with Crippen LogP contribution in [0.25, 0.3) is 0 Å². The second-order valence-electron chi connectivity index (χ2n) is 11.5. The van der Waals surface area contributed by atoms with E-state index in [9.17, 15) is 14.4 Å². The highest BCUT2D eigenvalue weighted by Crippen LogP contribution is 2.20. The summed E-state index contributed by atoms with van der Waals surface area (Å²) in [5.74, 6) is -0.297. The summed E-state index contributed by atoms with van der Waals surface area (Å²) in [6.07, 6.45) is 5.48. The number of hydrogen-bond donors (Lipinski definition) is 2. The van der Waals surface area contributed by atoms with Crippen LogP contribution in [-0.2, 0) is 27.1 Å². The SMILES string of the molecule is COC(=O)N(CCCc1ccccc1)C(C(=O)NC1CCCCC1)C(Cc1ccccc1)NC(=O)OC(C)(C)C. The first kappa shape index (κ1) is 31.0. The molecule has 0 saturated heterocycles. The van der Waals surface area contributed by atoms with Crippen molar-refractivity contribution in [1.29, 1.82) is 0 Å². The Kier molecular flexibility index (Phi) is 11.8. The van der Waals surface area contributed by atoms with Crippen molar-refractivity contribution in [2.45, 2.75) is 95.9 Å². The van der Waals surface area contributed by atoms with Gasteiger partial charge >= 0.3 is 12.2 Å². The number of hydrogen-bond acceptors (Lipinski definition) is 5. The molecule has 0 aliphatic heterocycles. The Balaban J connectivity index is 1.94. The van der Waals surface area contributed by atoms with E-state index in [0.717, 1.165) is 49.7 Å². The maximum Gasteiger partial charge on any atom is 0.410 e. The summed E-state index contributed by atoms with van der Waals surface area (Å²) in [7, 11) is 1.32. The molecule has 1 aliphatic carbocycles. The molecule has 1 fully saturated rings. The zero-order chi connectivity index (χ0) is 29.0. The van der Waals surface area contributed by atoms with E-state index in [0.29, 0.717) is 12.8 Å². The Hall–Kier alpha value is -3.55. The molecular weight excluding hydrogens is 506 g/mol. The van der Waals surface area contributed by atoms with Gasteiger partial charge in [0.1, 0.15) is 11.6 Å². The van der Waals surface area contributed by atoms with Crippen LogP contribution in [-0.4, -0.2) is 60.4 Å². The van der Waals surface area contributed by atoms with Crippen LogP contribution >= 0.6 is 0 Å². The average Bonchev–Trinajstić information content (AvgIpc) is 2.92. The van der Waals surface area contributed by atoms with Gasteiger partial charge in [0.05, 0.1) is 13.2 Å². The number of nitrogens with one attached hydrogen (secondary N) is 2. The van der Waals surface area contributed by atoms with Crippen LogP contribution in [0.3, 0.4) is 0 Å². The zero-order valence-electron chi connectivity index (χ0n) is 24.4. The van der Waals surface area contributed by atoms with E-state index in [4.69, 9.17) is 9.47 Å². The zero-order valence-corrected chi connectivity index (χ0v) is 24.4. The number of amides is 3. The van der Waals surface area contributed by atoms with Crippen LogP contribution in [0.2, 0.25) is 0 Å². The first-order valence-electron chi connectivity index (χ1n) is 14.4. The summed E-state index contributed by atoms with van der Waals surface area (Å²) in [6.45, 7) is 5.65. The number of carbonyl (C=O) groups excluding carboxylic acids is 3. The summed E-state index contributed by atoms with van der Waals surface area (Å²) >= 11 is 0. The second-order valence-corrected chi connectivity index (χ2v) is 11.5. The van der Waals surface area contributed by atoms with Crippen molar-refractivity contribution < 1.29 is 23.9 Å². The van der Waals surface area contributed by atoms with Gasteiger partial charge in [0.2, 0.25) is 5.91 Å². The van der Waals surface area contributed by atoms with Crippen LogP contribution in [0.4, 0.5) is 9.59 Å².